The molecule has 2 aromatic rings. The van der Waals surface area contributed by atoms with Crippen LogP contribution in [0.3, 0.4) is 0 Å². The smallest absolute Gasteiger partial charge is 0.227 e. The second-order valence-corrected chi connectivity index (χ2v) is 6.46. The number of hydrogen-bond acceptors (Lipinski definition) is 6. The van der Waals surface area contributed by atoms with Crippen molar-refractivity contribution in [3.05, 3.63) is 42.1 Å². The molecule has 1 aliphatic heterocycles. The number of hydrogen-bond donors (Lipinski definition) is 2. The number of β-amino-alcohol motifs (C(OH)–C–C–N with tert-alkyl or cyclic N) is 1. The van der Waals surface area contributed by atoms with Gasteiger partial charge in [0.25, 0.3) is 0 Å². The summed E-state index contributed by atoms with van der Waals surface area (Å²) in [6.07, 6.45) is -0.438. The van der Waals surface area contributed by atoms with Crippen molar-refractivity contribution in [2.45, 2.75) is 19.4 Å². The van der Waals surface area contributed by atoms with Gasteiger partial charge in [0.2, 0.25) is 11.9 Å². The largest absolute Gasteiger partial charge is 0.391 e. The summed E-state index contributed by atoms with van der Waals surface area (Å²) in [6.45, 7) is 2.83. The van der Waals surface area contributed by atoms with Gasteiger partial charge in [0, 0.05) is 49.9 Å². The van der Waals surface area contributed by atoms with Crippen molar-refractivity contribution in [2.75, 3.05) is 29.9 Å². The van der Waals surface area contributed by atoms with Gasteiger partial charge >= 0.3 is 0 Å². The molecule has 2 atom stereocenters. The lowest BCUT2D eigenvalue weighted by molar-refractivity contribution is -0.119. The molecular formula is C18H23N5O2. The Morgan fingerprint density at radius 2 is 2.04 bits per heavy atom. The van der Waals surface area contributed by atoms with Gasteiger partial charge in [-0.1, -0.05) is 18.2 Å². The molecule has 1 aliphatic rings. The van der Waals surface area contributed by atoms with Crippen LogP contribution in [0.1, 0.15) is 12.1 Å². The van der Waals surface area contributed by atoms with Gasteiger partial charge in [-0.15, -0.1) is 0 Å². The van der Waals surface area contributed by atoms with Crippen LogP contribution in [0.2, 0.25) is 0 Å². The molecule has 0 unspecified atom stereocenters. The fourth-order valence-corrected chi connectivity index (χ4v) is 3.11. The fraction of sp³-hybridized carbons (Fsp3) is 0.389. The molecule has 132 valence electrons. The van der Waals surface area contributed by atoms with E-state index in [2.05, 4.69) is 9.97 Å². The maximum absolute atomic E-state index is 11.2. The number of aromatic nitrogens is 2. The van der Waals surface area contributed by atoms with Gasteiger partial charge in [-0.2, -0.15) is 4.98 Å². The summed E-state index contributed by atoms with van der Waals surface area (Å²) in [5, 5.41) is 10.2. The van der Waals surface area contributed by atoms with E-state index in [0.717, 1.165) is 17.2 Å². The maximum atomic E-state index is 11.2. The SMILES string of the molecule is Cc1cc(N(C)c2ccccc2)nc(N2C[C@@H](CC(N)=O)[C@H](O)C2)n1. The van der Waals surface area contributed by atoms with E-state index in [1.165, 1.54) is 0 Å². The van der Waals surface area contributed by atoms with Crippen LogP contribution >= 0.6 is 0 Å². The minimum Gasteiger partial charge on any atom is -0.391 e. The number of aliphatic hydroxyl groups is 1. The summed E-state index contributed by atoms with van der Waals surface area (Å²) >= 11 is 0. The predicted molar refractivity (Wildman–Crippen MR) is 96.8 cm³/mol. The van der Waals surface area contributed by atoms with Gasteiger partial charge in [-0.3, -0.25) is 4.79 Å². The van der Waals surface area contributed by atoms with Gasteiger partial charge in [0.1, 0.15) is 5.82 Å². The Hall–Kier alpha value is -2.67. The molecule has 0 bridgehead atoms. The zero-order valence-electron chi connectivity index (χ0n) is 14.5. The highest BCUT2D eigenvalue weighted by Gasteiger charge is 2.34. The number of benzene rings is 1. The van der Waals surface area contributed by atoms with Crippen LogP contribution in [0.4, 0.5) is 17.5 Å². The monoisotopic (exact) mass is 341 g/mol. The first-order chi connectivity index (χ1) is 11.9. The zero-order chi connectivity index (χ0) is 18.0. The summed E-state index contributed by atoms with van der Waals surface area (Å²) in [4.78, 5) is 24.2. The lowest BCUT2D eigenvalue weighted by Crippen LogP contribution is -2.25. The van der Waals surface area contributed by atoms with Crippen LogP contribution in [0.5, 0.6) is 0 Å². The Labute approximate surface area is 147 Å². The number of primary amides is 1. The van der Waals surface area contributed by atoms with E-state index >= 15 is 0 Å². The normalized spacial score (nSPS) is 19.9. The van der Waals surface area contributed by atoms with Crippen molar-refractivity contribution in [3.8, 4) is 0 Å². The topological polar surface area (TPSA) is 95.6 Å². The van der Waals surface area contributed by atoms with E-state index in [4.69, 9.17) is 5.73 Å². The van der Waals surface area contributed by atoms with Crippen molar-refractivity contribution in [1.82, 2.24) is 9.97 Å². The Morgan fingerprint density at radius 3 is 2.72 bits per heavy atom. The Bertz CT molecular complexity index is 752. The molecule has 0 aliphatic carbocycles. The lowest BCUT2D eigenvalue weighted by atomic mass is 10.0. The second kappa shape index (κ2) is 7.06. The first-order valence-corrected chi connectivity index (χ1v) is 8.30. The molecule has 7 heteroatoms. The highest BCUT2D eigenvalue weighted by molar-refractivity contribution is 5.74. The van der Waals surface area contributed by atoms with Gasteiger partial charge in [-0.25, -0.2) is 4.98 Å². The van der Waals surface area contributed by atoms with Crippen molar-refractivity contribution < 1.29 is 9.90 Å². The van der Waals surface area contributed by atoms with Crippen LogP contribution in [-0.4, -0.2) is 47.2 Å². The van der Waals surface area contributed by atoms with Crippen LogP contribution in [0, 0.1) is 12.8 Å². The maximum Gasteiger partial charge on any atom is 0.227 e. The summed E-state index contributed by atoms with van der Waals surface area (Å²) in [7, 11) is 1.95. The quantitative estimate of drug-likeness (QED) is 0.849. The van der Waals surface area contributed by atoms with Gasteiger partial charge in [0.05, 0.1) is 6.10 Å². The molecule has 3 rings (SSSR count). The molecule has 1 fully saturated rings. The number of rotatable bonds is 5. The number of para-hydroxylation sites is 1. The number of nitrogens with zero attached hydrogens (tertiary/aromatic N) is 4. The van der Waals surface area contributed by atoms with Crippen LogP contribution in [-0.2, 0) is 4.79 Å². The van der Waals surface area contributed by atoms with Crippen LogP contribution in [0.15, 0.2) is 36.4 Å². The molecule has 1 saturated heterocycles. The van der Waals surface area contributed by atoms with E-state index in [1.807, 2.05) is 60.2 Å². The Morgan fingerprint density at radius 1 is 1.32 bits per heavy atom. The van der Waals surface area contributed by atoms with Gasteiger partial charge in [0.15, 0.2) is 0 Å². The first-order valence-electron chi connectivity index (χ1n) is 8.30. The van der Waals surface area contributed by atoms with Crippen LogP contribution < -0.4 is 15.5 Å². The Kier molecular flexibility index (Phi) is 4.85. The van der Waals surface area contributed by atoms with E-state index in [-0.39, 0.29) is 12.3 Å². The van der Waals surface area contributed by atoms with E-state index < -0.39 is 12.0 Å². The lowest BCUT2D eigenvalue weighted by Gasteiger charge is -2.22. The fourth-order valence-electron chi connectivity index (χ4n) is 3.11. The predicted octanol–water partition coefficient (Wildman–Crippen LogP) is 1.23. The summed E-state index contributed by atoms with van der Waals surface area (Å²) in [5.74, 6) is 0.753. The molecule has 0 radical (unpaired) electrons. The average molecular weight is 341 g/mol. The molecule has 1 aromatic heterocycles. The third-order valence-corrected chi connectivity index (χ3v) is 4.47. The van der Waals surface area contributed by atoms with Crippen molar-refractivity contribution in [2.24, 2.45) is 11.7 Å². The summed E-state index contributed by atoms with van der Waals surface area (Å²) < 4.78 is 0. The highest BCUT2D eigenvalue weighted by Crippen LogP contribution is 2.27. The number of carbonyl (C=O) groups is 1. The summed E-state index contributed by atoms with van der Waals surface area (Å²) in [6, 6.07) is 11.9. The standard InChI is InChI=1S/C18H23N5O2/c1-12-8-17(22(2)14-6-4-3-5-7-14)21-18(20-12)23-10-13(9-16(19)25)15(24)11-23/h3-8,13,15,24H,9-11H2,1-2H3,(H2,19,25)/t13-,15-/m1/s1. The number of aryl methyl sites for hydroxylation is 1. The van der Waals surface area contributed by atoms with E-state index in [1.54, 1.807) is 0 Å². The Balaban J connectivity index is 1.84. The van der Waals surface area contributed by atoms with Crippen molar-refractivity contribution >= 4 is 23.4 Å². The first kappa shape index (κ1) is 17.2. The molecule has 7 nitrogen and oxygen atoms in total. The van der Waals surface area contributed by atoms with Crippen molar-refractivity contribution in [3.63, 3.8) is 0 Å². The van der Waals surface area contributed by atoms with Crippen LogP contribution in [0.25, 0.3) is 0 Å². The minimum atomic E-state index is -0.605. The molecular weight excluding hydrogens is 318 g/mol. The molecule has 0 saturated carbocycles. The average Bonchev–Trinajstić information content (AvgIpc) is 2.94. The second-order valence-electron chi connectivity index (χ2n) is 6.46. The van der Waals surface area contributed by atoms with E-state index in [9.17, 15) is 9.90 Å². The van der Waals surface area contributed by atoms with E-state index in [0.29, 0.717) is 19.0 Å². The molecule has 2 heterocycles. The number of anilines is 3. The third-order valence-electron chi connectivity index (χ3n) is 4.47. The number of aliphatic hydroxyl groups excluding tert-OH is 1. The molecule has 0 spiro atoms. The van der Waals surface area contributed by atoms with Gasteiger partial charge in [-0.05, 0) is 19.1 Å². The number of nitrogens with two attached hydrogens (primary N) is 1. The third kappa shape index (κ3) is 3.88. The summed E-state index contributed by atoms with van der Waals surface area (Å²) in [5.41, 5.74) is 7.14. The van der Waals surface area contributed by atoms with Gasteiger partial charge < -0.3 is 20.6 Å². The highest BCUT2D eigenvalue weighted by atomic mass is 16.3. The molecule has 3 N–H and O–H groups in total. The molecule has 25 heavy (non-hydrogen) atoms. The minimum absolute atomic E-state index is 0.167. The zero-order valence-corrected chi connectivity index (χ0v) is 14.5. The van der Waals surface area contributed by atoms with Crippen molar-refractivity contribution in [1.29, 1.82) is 0 Å². The molecule has 1 aromatic carbocycles. The molecule has 1 amide bonds. The number of carbonyl (C=O) groups excluding carboxylic acids is 1. The number of amides is 1.